The first-order valence-corrected chi connectivity index (χ1v) is 5.85. The van der Waals surface area contributed by atoms with Gasteiger partial charge in [0.05, 0.1) is 0 Å². The van der Waals surface area contributed by atoms with Crippen LogP contribution in [0.3, 0.4) is 0 Å². The molecule has 4 nitrogen and oxygen atoms in total. The van der Waals surface area contributed by atoms with Crippen LogP contribution < -0.4 is 10.6 Å². The highest BCUT2D eigenvalue weighted by Gasteiger charge is 2.14. The molecule has 0 atom stereocenters. The van der Waals surface area contributed by atoms with E-state index in [4.69, 9.17) is 5.73 Å². The van der Waals surface area contributed by atoms with Crippen molar-refractivity contribution >= 4 is 11.6 Å². The van der Waals surface area contributed by atoms with Crippen LogP contribution >= 0.6 is 0 Å². The zero-order valence-electron chi connectivity index (χ0n) is 10.6. The van der Waals surface area contributed by atoms with Crippen LogP contribution in [0.4, 0.5) is 5.69 Å². The molecule has 0 radical (unpaired) electrons. The highest BCUT2D eigenvalue weighted by Crippen LogP contribution is 2.14. The Hall–Kier alpha value is -1.39. The van der Waals surface area contributed by atoms with Crippen LogP contribution in [0.2, 0.25) is 0 Å². The molecule has 0 heterocycles. The molecule has 1 aromatic rings. The van der Waals surface area contributed by atoms with Crippen LogP contribution in [-0.2, 0) is 4.79 Å². The Bertz CT molecular complexity index is 338. The lowest BCUT2D eigenvalue weighted by molar-refractivity contribution is -0.118. The lowest BCUT2D eigenvalue weighted by Gasteiger charge is -2.24. The standard InChI is InChI=1S/C13H21N3O/c1-15(2)10-11-16(13(17)8-9-14)12-6-4-3-5-7-12/h3-7H,8-11,14H2,1-2H3. The summed E-state index contributed by atoms with van der Waals surface area (Å²) in [6, 6.07) is 9.72. The Labute approximate surface area is 103 Å². The smallest absolute Gasteiger partial charge is 0.228 e. The first-order valence-electron chi connectivity index (χ1n) is 5.85. The fraction of sp³-hybridized carbons (Fsp3) is 0.462. The van der Waals surface area contributed by atoms with Crippen LogP contribution in [0.5, 0.6) is 0 Å². The van der Waals surface area contributed by atoms with E-state index in [9.17, 15) is 4.79 Å². The third kappa shape index (κ3) is 4.54. The Balaban J connectivity index is 2.75. The van der Waals surface area contributed by atoms with Crippen molar-refractivity contribution in [2.75, 3.05) is 38.6 Å². The van der Waals surface area contributed by atoms with Gasteiger partial charge in [0.1, 0.15) is 0 Å². The number of hydrogen-bond acceptors (Lipinski definition) is 3. The Morgan fingerprint density at radius 3 is 2.35 bits per heavy atom. The average molecular weight is 235 g/mol. The van der Waals surface area contributed by atoms with E-state index in [0.29, 0.717) is 19.5 Å². The molecule has 2 N–H and O–H groups in total. The molecule has 0 aliphatic carbocycles. The second-order valence-electron chi connectivity index (χ2n) is 4.22. The molecule has 0 aromatic heterocycles. The van der Waals surface area contributed by atoms with E-state index in [2.05, 4.69) is 4.90 Å². The summed E-state index contributed by atoms with van der Waals surface area (Å²) in [4.78, 5) is 15.8. The molecule has 17 heavy (non-hydrogen) atoms. The lowest BCUT2D eigenvalue weighted by Crippen LogP contribution is -2.37. The maximum atomic E-state index is 12.0. The average Bonchev–Trinajstić information content (AvgIpc) is 2.30. The maximum absolute atomic E-state index is 12.0. The zero-order valence-corrected chi connectivity index (χ0v) is 10.6. The minimum Gasteiger partial charge on any atom is -0.330 e. The van der Waals surface area contributed by atoms with Gasteiger partial charge in [-0.25, -0.2) is 0 Å². The Morgan fingerprint density at radius 1 is 1.18 bits per heavy atom. The monoisotopic (exact) mass is 235 g/mol. The normalized spacial score (nSPS) is 10.6. The predicted octanol–water partition coefficient (Wildman–Crippen LogP) is 0.930. The predicted molar refractivity (Wildman–Crippen MR) is 71.0 cm³/mol. The first-order chi connectivity index (χ1) is 8.15. The zero-order chi connectivity index (χ0) is 12.7. The van der Waals surface area contributed by atoms with Crippen LogP contribution in [0.15, 0.2) is 30.3 Å². The summed E-state index contributed by atoms with van der Waals surface area (Å²) in [7, 11) is 3.99. The van der Waals surface area contributed by atoms with Crippen molar-refractivity contribution in [3.8, 4) is 0 Å². The number of rotatable bonds is 6. The van der Waals surface area contributed by atoms with Crippen molar-refractivity contribution < 1.29 is 4.79 Å². The van der Waals surface area contributed by atoms with Crippen molar-refractivity contribution in [3.63, 3.8) is 0 Å². The highest BCUT2D eigenvalue weighted by atomic mass is 16.2. The number of hydrogen-bond donors (Lipinski definition) is 1. The van der Waals surface area contributed by atoms with Crippen LogP contribution in [0, 0.1) is 0 Å². The lowest BCUT2D eigenvalue weighted by atomic mass is 10.2. The van der Waals surface area contributed by atoms with Crippen LogP contribution in [-0.4, -0.2) is 44.5 Å². The number of anilines is 1. The fourth-order valence-electron chi connectivity index (χ4n) is 1.56. The molecule has 0 unspecified atom stereocenters. The fourth-order valence-corrected chi connectivity index (χ4v) is 1.56. The molecule has 0 aliphatic heterocycles. The van der Waals surface area contributed by atoms with E-state index < -0.39 is 0 Å². The first kappa shape index (κ1) is 13.7. The van der Waals surface area contributed by atoms with Gasteiger partial charge < -0.3 is 15.5 Å². The van der Waals surface area contributed by atoms with Crippen LogP contribution in [0.1, 0.15) is 6.42 Å². The van der Waals surface area contributed by atoms with Gasteiger partial charge in [0, 0.05) is 31.7 Å². The second kappa shape index (κ2) is 7.04. The number of carbonyl (C=O) groups excluding carboxylic acids is 1. The molecule has 1 aromatic carbocycles. The number of amides is 1. The molecule has 0 spiro atoms. The Morgan fingerprint density at radius 2 is 1.82 bits per heavy atom. The number of nitrogens with zero attached hydrogens (tertiary/aromatic N) is 2. The molecule has 0 saturated carbocycles. The number of nitrogens with two attached hydrogens (primary N) is 1. The molecule has 1 rings (SSSR count). The van der Waals surface area contributed by atoms with Crippen LogP contribution in [0.25, 0.3) is 0 Å². The van der Waals surface area contributed by atoms with Gasteiger partial charge in [-0.05, 0) is 26.2 Å². The van der Waals surface area contributed by atoms with Crippen molar-refractivity contribution in [1.29, 1.82) is 0 Å². The molecule has 0 aliphatic rings. The SMILES string of the molecule is CN(C)CCN(C(=O)CCN)c1ccccc1. The summed E-state index contributed by atoms with van der Waals surface area (Å²) in [6.07, 6.45) is 0.391. The molecule has 0 fully saturated rings. The second-order valence-corrected chi connectivity index (χ2v) is 4.22. The largest absolute Gasteiger partial charge is 0.330 e. The van der Waals surface area contributed by atoms with E-state index in [1.54, 1.807) is 4.90 Å². The van der Waals surface area contributed by atoms with Gasteiger partial charge in [0.25, 0.3) is 0 Å². The van der Waals surface area contributed by atoms with Crippen molar-refractivity contribution in [2.24, 2.45) is 5.73 Å². The van der Waals surface area contributed by atoms with Gasteiger partial charge in [0.2, 0.25) is 5.91 Å². The number of carbonyl (C=O) groups is 1. The maximum Gasteiger partial charge on any atom is 0.228 e. The van der Waals surface area contributed by atoms with Gasteiger partial charge in [-0.3, -0.25) is 4.79 Å². The van der Waals surface area contributed by atoms with Gasteiger partial charge in [0.15, 0.2) is 0 Å². The van der Waals surface area contributed by atoms with E-state index in [-0.39, 0.29) is 5.91 Å². The summed E-state index contributed by atoms with van der Waals surface area (Å²) in [5, 5.41) is 0. The number of para-hydroxylation sites is 1. The topological polar surface area (TPSA) is 49.6 Å². The van der Waals surface area contributed by atoms with Gasteiger partial charge in [-0.1, -0.05) is 18.2 Å². The van der Waals surface area contributed by atoms with E-state index in [0.717, 1.165) is 12.2 Å². The van der Waals surface area contributed by atoms with E-state index in [1.807, 2.05) is 44.4 Å². The third-order valence-corrected chi connectivity index (χ3v) is 2.50. The molecule has 4 heteroatoms. The third-order valence-electron chi connectivity index (χ3n) is 2.50. The molecular weight excluding hydrogens is 214 g/mol. The van der Waals surface area contributed by atoms with Gasteiger partial charge in [-0.2, -0.15) is 0 Å². The number of likely N-dealkylation sites (N-methyl/N-ethyl adjacent to an activating group) is 1. The van der Waals surface area contributed by atoms with Crippen molar-refractivity contribution in [3.05, 3.63) is 30.3 Å². The highest BCUT2D eigenvalue weighted by molar-refractivity contribution is 5.93. The quantitative estimate of drug-likeness (QED) is 0.798. The molecule has 0 bridgehead atoms. The minimum absolute atomic E-state index is 0.0838. The summed E-state index contributed by atoms with van der Waals surface area (Å²) < 4.78 is 0. The molecular formula is C13H21N3O. The molecule has 94 valence electrons. The minimum atomic E-state index is 0.0838. The van der Waals surface area contributed by atoms with Gasteiger partial charge in [-0.15, -0.1) is 0 Å². The summed E-state index contributed by atoms with van der Waals surface area (Å²) in [6.45, 7) is 1.92. The van der Waals surface area contributed by atoms with Crippen molar-refractivity contribution in [2.45, 2.75) is 6.42 Å². The van der Waals surface area contributed by atoms with E-state index in [1.165, 1.54) is 0 Å². The van der Waals surface area contributed by atoms with E-state index >= 15 is 0 Å². The summed E-state index contributed by atoms with van der Waals surface area (Å²) in [5.74, 6) is 0.0838. The Kier molecular flexibility index (Phi) is 5.66. The molecule has 0 saturated heterocycles. The van der Waals surface area contributed by atoms with Gasteiger partial charge >= 0.3 is 0 Å². The van der Waals surface area contributed by atoms with Crippen molar-refractivity contribution in [1.82, 2.24) is 4.90 Å². The summed E-state index contributed by atoms with van der Waals surface area (Å²) >= 11 is 0. The molecule has 1 amide bonds. The number of benzene rings is 1. The summed E-state index contributed by atoms with van der Waals surface area (Å²) in [5.41, 5.74) is 6.38.